The van der Waals surface area contributed by atoms with Gasteiger partial charge in [-0.25, -0.2) is 18.2 Å². The normalized spacial score (nSPS) is 12.9. The molecule has 2 aromatic heterocycles. The highest BCUT2D eigenvalue weighted by atomic mass is 32.2. The molecule has 0 bridgehead atoms. The number of alkyl halides is 3. The van der Waals surface area contributed by atoms with E-state index < -0.39 is 21.9 Å². The van der Waals surface area contributed by atoms with E-state index in [0.717, 1.165) is 16.9 Å². The number of halogens is 3. The second-order valence-electron chi connectivity index (χ2n) is 6.08. The van der Waals surface area contributed by atoms with Crippen LogP contribution in [0.5, 0.6) is 0 Å². The summed E-state index contributed by atoms with van der Waals surface area (Å²) < 4.78 is 65.3. The molecule has 0 spiro atoms. The Morgan fingerprint density at radius 2 is 1.78 bits per heavy atom. The zero-order valence-corrected chi connectivity index (χ0v) is 15.4. The third-order valence-electron chi connectivity index (χ3n) is 4.12. The van der Waals surface area contributed by atoms with Crippen molar-refractivity contribution in [2.45, 2.75) is 18.0 Å². The lowest BCUT2D eigenvalue weighted by Gasteiger charge is -2.06. The molecule has 2 aromatic carbocycles. The minimum absolute atomic E-state index is 0.0404. The molecule has 0 saturated carbocycles. The Morgan fingerprint density at radius 1 is 1.11 bits per heavy atom. The van der Waals surface area contributed by atoms with Gasteiger partial charge in [0, 0.05) is 10.1 Å². The number of rotatable bonds is 2. The first-order valence-corrected chi connectivity index (χ1v) is 10.0. The Kier molecular flexibility index (Phi) is 3.85. The fourth-order valence-corrected chi connectivity index (χ4v) is 4.60. The molecule has 5 nitrogen and oxygen atoms in total. The fourth-order valence-electron chi connectivity index (χ4n) is 2.91. The molecular formula is C17H12F3N3O2S2. The van der Waals surface area contributed by atoms with Crippen molar-refractivity contribution in [2.75, 3.05) is 0 Å². The topological polar surface area (TPSA) is 78.0 Å². The molecule has 4 rings (SSSR count). The van der Waals surface area contributed by atoms with E-state index in [1.54, 1.807) is 6.07 Å². The van der Waals surface area contributed by atoms with Gasteiger partial charge in [0.05, 0.1) is 20.8 Å². The summed E-state index contributed by atoms with van der Waals surface area (Å²) in [4.78, 5) is -0.128. The van der Waals surface area contributed by atoms with Crippen molar-refractivity contribution >= 4 is 41.7 Å². The molecule has 2 heterocycles. The summed E-state index contributed by atoms with van der Waals surface area (Å²) in [6.45, 7) is 1.86. The van der Waals surface area contributed by atoms with Crippen LogP contribution in [0.2, 0.25) is 0 Å². The van der Waals surface area contributed by atoms with Crippen LogP contribution in [-0.2, 0) is 16.2 Å². The Balaban J connectivity index is 2.05. The first kappa shape index (κ1) is 18.0. The number of hydrogen-bond acceptors (Lipinski definition) is 4. The molecule has 0 aliphatic carbocycles. The SMILES string of the molecule is Cc1ccc2sc3c(C(F)(F)F)nn(-c4ccc(S(N)(=O)=O)cc4)c3c2c1. The maximum absolute atomic E-state index is 13.5. The van der Waals surface area contributed by atoms with E-state index in [9.17, 15) is 21.6 Å². The molecule has 27 heavy (non-hydrogen) atoms. The number of hydrogen-bond donors (Lipinski definition) is 1. The number of thiophene rings is 1. The summed E-state index contributed by atoms with van der Waals surface area (Å²) in [7, 11) is -3.90. The van der Waals surface area contributed by atoms with E-state index in [2.05, 4.69) is 5.10 Å². The maximum Gasteiger partial charge on any atom is 0.436 e. The number of benzene rings is 2. The Hall–Kier alpha value is -2.43. The number of aromatic nitrogens is 2. The third-order valence-corrected chi connectivity index (χ3v) is 6.22. The van der Waals surface area contributed by atoms with Gasteiger partial charge < -0.3 is 0 Å². The lowest BCUT2D eigenvalue weighted by atomic mass is 10.1. The summed E-state index contributed by atoms with van der Waals surface area (Å²) in [5.41, 5.74) is 0.596. The van der Waals surface area contributed by atoms with Crippen molar-refractivity contribution in [1.82, 2.24) is 9.78 Å². The van der Waals surface area contributed by atoms with Crippen molar-refractivity contribution < 1.29 is 21.6 Å². The molecule has 0 saturated heterocycles. The standard InChI is InChI=1S/C17H12F3N3O2S2/c1-9-2-7-13-12(8-9)14-15(26-13)16(17(18,19)20)22-23(14)10-3-5-11(6-4-10)27(21,24)25/h2-8H,1H3,(H2,21,24,25). The molecule has 0 unspecified atom stereocenters. The van der Waals surface area contributed by atoms with Gasteiger partial charge in [-0.2, -0.15) is 18.3 Å². The zero-order valence-electron chi connectivity index (χ0n) is 13.8. The van der Waals surface area contributed by atoms with Crippen molar-refractivity contribution in [1.29, 1.82) is 0 Å². The zero-order chi connectivity index (χ0) is 19.6. The van der Waals surface area contributed by atoms with E-state index in [-0.39, 0.29) is 9.60 Å². The Bertz CT molecular complexity index is 1290. The molecule has 10 heteroatoms. The Labute approximate surface area is 155 Å². The van der Waals surface area contributed by atoms with Gasteiger partial charge in [-0.1, -0.05) is 11.6 Å². The number of sulfonamides is 1. The van der Waals surface area contributed by atoms with Crippen LogP contribution in [0.25, 0.3) is 26.0 Å². The first-order valence-electron chi connectivity index (χ1n) is 7.68. The van der Waals surface area contributed by atoms with Crippen molar-refractivity contribution in [3.8, 4) is 5.69 Å². The molecular weight excluding hydrogens is 399 g/mol. The van der Waals surface area contributed by atoms with Gasteiger partial charge in [-0.05, 0) is 43.3 Å². The molecule has 0 amide bonds. The molecule has 0 aliphatic heterocycles. The van der Waals surface area contributed by atoms with Gasteiger partial charge in [0.1, 0.15) is 0 Å². The lowest BCUT2D eigenvalue weighted by molar-refractivity contribution is -0.140. The molecule has 0 fully saturated rings. The van der Waals surface area contributed by atoms with Crippen LogP contribution in [0.1, 0.15) is 11.3 Å². The second kappa shape index (κ2) is 5.78. The van der Waals surface area contributed by atoms with Crippen molar-refractivity contribution in [2.24, 2.45) is 5.14 Å². The third kappa shape index (κ3) is 2.99. The highest BCUT2D eigenvalue weighted by Crippen LogP contribution is 2.43. The second-order valence-corrected chi connectivity index (χ2v) is 8.69. The summed E-state index contributed by atoms with van der Waals surface area (Å²) in [5.74, 6) is 0. The first-order chi connectivity index (χ1) is 12.6. The average molecular weight is 411 g/mol. The van der Waals surface area contributed by atoms with Crippen LogP contribution < -0.4 is 5.14 Å². The Morgan fingerprint density at radius 3 is 2.37 bits per heavy atom. The molecule has 4 aromatic rings. The summed E-state index contributed by atoms with van der Waals surface area (Å²) in [5, 5.41) is 9.52. The summed E-state index contributed by atoms with van der Waals surface area (Å²) in [6, 6.07) is 10.7. The number of nitrogens with two attached hydrogens (primary N) is 1. The van der Waals surface area contributed by atoms with E-state index in [1.165, 1.54) is 28.9 Å². The van der Waals surface area contributed by atoms with Crippen LogP contribution in [0.4, 0.5) is 13.2 Å². The largest absolute Gasteiger partial charge is 0.436 e. The number of primary sulfonamides is 1. The number of nitrogens with zero attached hydrogens (tertiary/aromatic N) is 2. The highest BCUT2D eigenvalue weighted by molar-refractivity contribution is 7.89. The number of fused-ring (bicyclic) bond motifs is 3. The monoisotopic (exact) mass is 411 g/mol. The van der Waals surface area contributed by atoms with Gasteiger partial charge in [0.25, 0.3) is 0 Å². The predicted octanol–water partition coefficient (Wildman–Crippen LogP) is 4.21. The quantitative estimate of drug-likeness (QED) is 0.537. The van der Waals surface area contributed by atoms with E-state index in [4.69, 9.17) is 5.14 Å². The summed E-state index contributed by atoms with van der Waals surface area (Å²) in [6.07, 6.45) is -4.61. The molecule has 0 atom stereocenters. The van der Waals surface area contributed by atoms with Gasteiger partial charge in [0.2, 0.25) is 10.0 Å². The molecule has 140 valence electrons. The minimum atomic E-state index is -4.61. The fraction of sp³-hybridized carbons (Fsp3) is 0.118. The van der Waals surface area contributed by atoms with Crippen LogP contribution >= 0.6 is 11.3 Å². The molecule has 2 N–H and O–H groups in total. The van der Waals surface area contributed by atoms with E-state index >= 15 is 0 Å². The molecule has 0 aliphatic rings. The smallest absolute Gasteiger partial charge is 0.231 e. The van der Waals surface area contributed by atoms with E-state index in [1.807, 2.05) is 19.1 Å². The highest BCUT2D eigenvalue weighted by Gasteiger charge is 2.38. The van der Waals surface area contributed by atoms with Crippen LogP contribution in [-0.4, -0.2) is 18.2 Å². The number of aryl methyl sites for hydroxylation is 1. The molecule has 0 radical (unpaired) electrons. The van der Waals surface area contributed by atoms with Crippen LogP contribution in [0.15, 0.2) is 47.4 Å². The van der Waals surface area contributed by atoms with Gasteiger partial charge >= 0.3 is 6.18 Å². The van der Waals surface area contributed by atoms with Gasteiger partial charge in [-0.15, -0.1) is 11.3 Å². The van der Waals surface area contributed by atoms with Crippen LogP contribution in [0, 0.1) is 6.92 Å². The van der Waals surface area contributed by atoms with Gasteiger partial charge in [0.15, 0.2) is 5.69 Å². The van der Waals surface area contributed by atoms with Gasteiger partial charge in [-0.3, -0.25) is 0 Å². The predicted molar refractivity (Wildman–Crippen MR) is 97.6 cm³/mol. The maximum atomic E-state index is 13.5. The average Bonchev–Trinajstić information content (AvgIpc) is 3.11. The summed E-state index contributed by atoms with van der Waals surface area (Å²) >= 11 is 1.03. The lowest BCUT2D eigenvalue weighted by Crippen LogP contribution is -2.12. The van der Waals surface area contributed by atoms with Crippen molar-refractivity contribution in [3.63, 3.8) is 0 Å². The minimum Gasteiger partial charge on any atom is -0.231 e. The van der Waals surface area contributed by atoms with Crippen molar-refractivity contribution in [3.05, 3.63) is 53.7 Å². The van der Waals surface area contributed by atoms with E-state index in [0.29, 0.717) is 21.3 Å². The van der Waals surface area contributed by atoms with Crippen LogP contribution in [0.3, 0.4) is 0 Å².